The molecule has 0 bridgehead atoms. The number of rotatable bonds is 8. The summed E-state index contributed by atoms with van der Waals surface area (Å²) in [7, 11) is 0. The van der Waals surface area contributed by atoms with E-state index < -0.39 is 5.97 Å². The van der Waals surface area contributed by atoms with Gasteiger partial charge in [-0.15, -0.1) is 0 Å². The fraction of sp³-hybridized carbons (Fsp3) is 0.182. The van der Waals surface area contributed by atoms with E-state index >= 15 is 0 Å². The van der Waals surface area contributed by atoms with Gasteiger partial charge in [0.2, 0.25) is 0 Å². The Hall–Kier alpha value is -2.79. The lowest BCUT2D eigenvalue weighted by Crippen LogP contribution is -2.03. The molecule has 2 aromatic rings. The number of carbonyl (C=O) groups is 2. The second kappa shape index (κ2) is 12.5. The summed E-state index contributed by atoms with van der Waals surface area (Å²) < 4.78 is 4.82. The first-order valence-electron chi connectivity index (χ1n) is 8.48. The monoisotopic (exact) mass is 384 g/mol. The van der Waals surface area contributed by atoms with E-state index in [1.54, 1.807) is 6.92 Å². The molecule has 0 atom stereocenters. The molecule has 0 amide bonds. The Morgan fingerprint density at radius 3 is 2.07 bits per heavy atom. The van der Waals surface area contributed by atoms with Crippen LogP contribution in [0.15, 0.2) is 89.2 Å². The lowest BCUT2D eigenvalue weighted by atomic mass is 10.1. The van der Waals surface area contributed by atoms with Crippen LogP contribution in [-0.2, 0) is 20.7 Å². The summed E-state index contributed by atoms with van der Waals surface area (Å²) in [4.78, 5) is 23.0. The lowest BCUT2D eigenvalue weighted by molar-refractivity contribution is -0.137. The fourth-order valence-corrected chi connectivity index (χ4v) is 2.65. The van der Waals surface area contributed by atoms with Crippen molar-refractivity contribution in [3.05, 3.63) is 89.9 Å². The van der Waals surface area contributed by atoms with Crippen LogP contribution in [0, 0.1) is 0 Å². The summed E-state index contributed by atoms with van der Waals surface area (Å²) >= 11 is 1.32. The highest BCUT2D eigenvalue weighted by Crippen LogP contribution is 2.25. The van der Waals surface area contributed by atoms with Crippen LogP contribution >= 0.6 is 11.8 Å². The molecule has 2 rings (SSSR count). The van der Waals surface area contributed by atoms with Gasteiger partial charge in [-0.3, -0.25) is 0 Å². The normalized spacial score (nSPS) is 9.52. The van der Waals surface area contributed by atoms with Crippen LogP contribution in [0.1, 0.15) is 18.9 Å². The molecular formula is C22H24O4S. The summed E-state index contributed by atoms with van der Waals surface area (Å²) in [5.74, 6) is -1.25. The topological polar surface area (TPSA) is 63.6 Å². The van der Waals surface area contributed by atoms with Crippen LogP contribution in [0.2, 0.25) is 0 Å². The standard InChI is InChI=1S/C11H12O2S.C11H12O2/c1-3-13-11(12)9(2)14-10-7-5-4-6-8-10;1-9(11(12)13)7-8-10-5-3-2-4-6-10/h4-8H,2-3H2,1H3;2-6H,1,7-8H2,(H,12,13). The minimum Gasteiger partial charge on any atom is -0.478 e. The van der Waals surface area contributed by atoms with Gasteiger partial charge in [0.1, 0.15) is 0 Å². The van der Waals surface area contributed by atoms with Crippen molar-refractivity contribution >= 4 is 23.7 Å². The fourth-order valence-electron chi connectivity index (χ4n) is 1.93. The summed E-state index contributed by atoms with van der Waals surface area (Å²) in [6.07, 6.45) is 1.26. The Labute approximate surface area is 164 Å². The SMILES string of the molecule is C=C(CCc1ccccc1)C(=O)O.C=C(Sc1ccccc1)C(=O)OCC. The van der Waals surface area contributed by atoms with Gasteiger partial charge in [0.15, 0.2) is 0 Å². The zero-order chi connectivity index (χ0) is 20.1. The molecule has 5 heteroatoms. The highest BCUT2D eigenvalue weighted by molar-refractivity contribution is 8.04. The van der Waals surface area contributed by atoms with Crippen LogP contribution in [0.5, 0.6) is 0 Å². The van der Waals surface area contributed by atoms with Gasteiger partial charge in [-0.05, 0) is 37.5 Å². The van der Waals surface area contributed by atoms with E-state index in [9.17, 15) is 9.59 Å². The Bertz CT molecular complexity index is 754. The van der Waals surface area contributed by atoms with Crippen molar-refractivity contribution in [2.45, 2.75) is 24.7 Å². The van der Waals surface area contributed by atoms with Crippen LogP contribution < -0.4 is 0 Å². The maximum atomic E-state index is 11.2. The van der Waals surface area contributed by atoms with Gasteiger partial charge in [0.05, 0.1) is 11.5 Å². The minimum atomic E-state index is -0.907. The number of carbonyl (C=O) groups excluding carboxylic acids is 1. The lowest BCUT2D eigenvalue weighted by Gasteiger charge is -2.04. The predicted octanol–water partition coefficient (Wildman–Crippen LogP) is 5.12. The van der Waals surface area contributed by atoms with E-state index in [0.29, 0.717) is 17.9 Å². The highest BCUT2D eigenvalue weighted by atomic mass is 32.2. The molecule has 0 heterocycles. The summed E-state index contributed by atoms with van der Waals surface area (Å²) in [6, 6.07) is 19.4. The molecular weight excluding hydrogens is 360 g/mol. The van der Waals surface area contributed by atoms with Gasteiger partial charge in [0, 0.05) is 10.5 Å². The van der Waals surface area contributed by atoms with E-state index in [1.165, 1.54) is 11.8 Å². The average molecular weight is 384 g/mol. The number of carboxylic acid groups (broad SMARTS) is 1. The number of aryl methyl sites for hydroxylation is 1. The largest absolute Gasteiger partial charge is 0.478 e. The van der Waals surface area contributed by atoms with E-state index in [-0.39, 0.29) is 11.5 Å². The highest BCUT2D eigenvalue weighted by Gasteiger charge is 2.08. The number of thioether (sulfide) groups is 1. The van der Waals surface area contributed by atoms with Crippen LogP contribution in [0.3, 0.4) is 0 Å². The van der Waals surface area contributed by atoms with E-state index in [0.717, 1.165) is 16.9 Å². The van der Waals surface area contributed by atoms with Crippen molar-refractivity contribution in [1.82, 2.24) is 0 Å². The quantitative estimate of drug-likeness (QED) is 0.389. The molecule has 142 valence electrons. The van der Waals surface area contributed by atoms with Crippen molar-refractivity contribution in [3.63, 3.8) is 0 Å². The molecule has 0 aliphatic carbocycles. The first-order chi connectivity index (χ1) is 12.9. The third kappa shape index (κ3) is 9.47. The smallest absolute Gasteiger partial charge is 0.344 e. The second-order valence-corrected chi connectivity index (χ2v) is 6.62. The molecule has 2 aromatic carbocycles. The van der Waals surface area contributed by atoms with Crippen molar-refractivity contribution in [3.8, 4) is 0 Å². The van der Waals surface area contributed by atoms with Crippen LogP contribution in [-0.4, -0.2) is 23.7 Å². The van der Waals surface area contributed by atoms with Gasteiger partial charge in [0.25, 0.3) is 0 Å². The summed E-state index contributed by atoms with van der Waals surface area (Å²) in [6.45, 7) is 9.28. The minimum absolute atomic E-state index is 0.267. The Balaban J connectivity index is 0.000000271. The number of carboxylic acids is 1. The number of esters is 1. The zero-order valence-electron chi connectivity index (χ0n) is 15.4. The Kier molecular flexibility index (Phi) is 10.3. The Morgan fingerprint density at radius 1 is 1.00 bits per heavy atom. The predicted molar refractivity (Wildman–Crippen MR) is 110 cm³/mol. The van der Waals surface area contributed by atoms with Crippen molar-refractivity contribution < 1.29 is 19.4 Å². The van der Waals surface area contributed by atoms with Gasteiger partial charge in [-0.1, -0.05) is 73.5 Å². The van der Waals surface area contributed by atoms with Gasteiger partial charge in [-0.25, -0.2) is 9.59 Å². The molecule has 27 heavy (non-hydrogen) atoms. The molecule has 0 aromatic heterocycles. The Morgan fingerprint density at radius 2 is 1.56 bits per heavy atom. The maximum Gasteiger partial charge on any atom is 0.344 e. The molecule has 0 spiro atoms. The number of benzene rings is 2. The van der Waals surface area contributed by atoms with Gasteiger partial charge >= 0.3 is 11.9 Å². The number of aliphatic carboxylic acids is 1. The molecule has 0 saturated carbocycles. The average Bonchev–Trinajstić information content (AvgIpc) is 2.68. The van der Waals surface area contributed by atoms with Crippen molar-refractivity contribution in [1.29, 1.82) is 0 Å². The van der Waals surface area contributed by atoms with E-state index in [2.05, 4.69) is 13.2 Å². The van der Waals surface area contributed by atoms with Gasteiger partial charge in [-0.2, -0.15) is 0 Å². The van der Waals surface area contributed by atoms with Crippen molar-refractivity contribution in [2.75, 3.05) is 6.61 Å². The molecule has 0 saturated heterocycles. The molecule has 0 aliphatic rings. The first kappa shape index (κ1) is 22.3. The van der Waals surface area contributed by atoms with Gasteiger partial charge < -0.3 is 9.84 Å². The van der Waals surface area contributed by atoms with Crippen LogP contribution in [0.25, 0.3) is 0 Å². The maximum absolute atomic E-state index is 11.2. The molecule has 1 N–H and O–H groups in total. The summed E-state index contributed by atoms with van der Waals surface area (Å²) in [5, 5.41) is 8.56. The third-order valence-electron chi connectivity index (χ3n) is 3.35. The number of hydrogen-bond donors (Lipinski definition) is 1. The number of ether oxygens (including phenoxy) is 1. The molecule has 4 nitrogen and oxygen atoms in total. The van der Waals surface area contributed by atoms with E-state index in [4.69, 9.17) is 9.84 Å². The summed E-state index contributed by atoms with van der Waals surface area (Å²) in [5.41, 5.74) is 1.41. The van der Waals surface area contributed by atoms with Crippen LogP contribution in [0.4, 0.5) is 0 Å². The molecule has 0 radical (unpaired) electrons. The first-order valence-corrected chi connectivity index (χ1v) is 9.29. The zero-order valence-corrected chi connectivity index (χ0v) is 16.2. The second-order valence-electron chi connectivity index (χ2n) is 5.45. The third-order valence-corrected chi connectivity index (χ3v) is 4.27. The molecule has 0 unspecified atom stereocenters. The molecule has 0 aliphatic heterocycles. The molecule has 0 fully saturated rings. The van der Waals surface area contributed by atoms with Crippen molar-refractivity contribution in [2.24, 2.45) is 0 Å². The van der Waals surface area contributed by atoms with E-state index in [1.807, 2.05) is 60.7 Å². The number of hydrogen-bond acceptors (Lipinski definition) is 4.